The number of aromatic nitrogens is 1. The Morgan fingerprint density at radius 1 is 1.35 bits per heavy atom. The van der Waals surface area contributed by atoms with Gasteiger partial charge >= 0.3 is 0 Å². The highest BCUT2D eigenvalue weighted by molar-refractivity contribution is 5.92. The van der Waals surface area contributed by atoms with Crippen molar-refractivity contribution in [2.45, 2.75) is 12.9 Å². The molecule has 1 unspecified atom stereocenters. The van der Waals surface area contributed by atoms with Gasteiger partial charge in [-0.25, -0.2) is 0 Å². The largest absolute Gasteiger partial charge is 0.366 e. The first-order valence-corrected chi connectivity index (χ1v) is 6.14. The lowest BCUT2D eigenvalue weighted by Crippen LogP contribution is -2.13. The van der Waals surface area contributed by atoms with Gasteiger partial charge in [-0.3, -0.25) is 9.78 Å². The normalized spacial score (nSPS) is 12.1. The molecule has 0 saturated carbocycles. The second kappa shape index (κ2) is 6.79. The van der Waals surface area contributed by atoms with E-state index in [4.69, 9.17) is 15.2 Å². The zero-order valence-corrected chi connectivity index (χ0v) is 11.2. The molecule has 1 aromatic heterocycles. The van der Waals surface area contributed by atoms with Crippen molar-refractivity contribution in [2.24, 2.45) is 5.73 Å². The van der Waals surface area contributed by atoms with Gasteiger partial charge < -0.3 is 15.2 Å². The van der Waals surface area contributed by atoms with Crippen LogP contribution in [0.2, 0.25) is 0 Å². The maximum absolute atomic E-state index is 11.2. The lowest BCUT2D eigenvalue weighted by Gasteiger charge is -2.17. The van der Waals surface area contributed by atoms with Gasteiger partial charge in [0.2, 0.25) is 5.91 Å². The van der Waals surface area contributed by atoms with Gasteiger partial charge in [0.05, 0.1) is 6.61 Å². The van der Waals surface area contributed by atoms with Gasteiger partial charge in [0, 0.05) is 30.6 Å². The van der Waals surface area contributed by atoms with E-state index in [1.165, 1.54) is 0 Å². The molecule has 2 aromatic rings. The second-order valence-corrected chi connectivity index (χ2v) is 4.23. The molecular formula is C15H16N2O3. The molecule has 2 N–H and O–H groups in total. The van der Waals surface area contributed by atoms with Crippen molar-refractivity contribution >= 4 is 5.91 Å². The number of benzene rings is 1. The fraction of sp³-hybridized carbons (Fsp3) is 0.200. The van der Waals surface area contributed by atoms with Crippen LogP contribution in [0.3, 0.4) is 0 Å². The van der Waals surface area contributed by atoms with Crippen LogP contribution in [0.25, 0.3) is 0 Å². The summed E-state index contributed by atoms with van der Waals surface area (Å²) < 4.78 is 11.0. The van der Waals surface area contributed by atoms with Crippen LogP contribution in [0.4, 0.5) is 0 Å². The van der Waals surface area contributed by atoms with E-state index in [0.29, 0.717) is 12.2 Å². The van der Waals surface area contributed by atoms with Crippen molar-refractivity contribution in [1.29, 1.82) is 0 Å². The quantitative estimate of drug-likeness (QED) is 0.817. The lowest BCUT2D eigenvalue weighted by atomic mass is 10.1. The van der Waals surface area contributed by atoms with E-state index in [2.05, 4.69) is 4.98 Å². The molecule has 20 heavy (non-hydrogen) atoms. The van der Waals surface area contributed by atoms with Crippen LogP contribution in [-0.4, -0.2) is 18.0 Å². The van der Waals surface area contributed by atoms with Gasteiger partial charge in [-0.05, 0) is 23.8 Å². The van der Waals surface area contributed by atoms with E-state index in [-0.39, 0.29) is 0 Å². The van der Waals surface area contributed by atoms with E-state index in [1.54, 1.807) is 37.7 Å². The maximum Gasteiger partial charge on any atom is 0.248 e. The van der Waals surface area contributed by atoms with E-state index in [0.717, 1.165) is 11.1 Å². The molecule has 0 fully saturated rings. The summed E-state index contributed by atoms with van der Waals surface area (Å²) in [7, 11) is 1.55. The van der Waals surface area contributed by atoms with Crippen molar-refractivity contribution in [3.63, 3.8) is 0 Å². The Labute approximate surface area is 117 Å². The van der Waals surface area contributed by atoms with Crippen LogP contribution in [0.5, 0.6) is 0 Å². The van der Waals surface area contributed by atoms with Gasteiger partial charge in [-0.2, -0.15) is 0 Å². The summed E-state index contributed by atoms with van der Waals surface area (Å²) in [6.07, 6.45) is 2.87. The third-order valence-corrected chi connectivity index (χ3v) is 2.78. The third-order valence-electron chi connectivity index (χ3n) is 2.78. The van der Waals surface area contributed by atoms with E-state index in [1.807, 2.05) is 18.2 Å². The molecule has 104 valence electrons. The second-order valence-electron chi connectivity index (χ2n) is 4.23. The zero-order valence-electron chi connectivity index (χ0n) is 11.2. The van der Waals surface area contributed by atoms with E-state index >= 15 is 0 Å². The average molecular weight is 272 g/mol. The van der Waals surface area contributed by atoms with Crippen LogP contribution >= 0.6 is 0 Å². The van der Waals surface area contributed by atoms with Crippen LogP contribution < -0.4 is 5.73 Å². The zero-order chi connectivity index (χ0) is 14.4. The Bertz CT molecular complexity index is 572. The van der Waals surface area contributed by atoms with Crippen molar-refractivity contribution < 1.29 is 14.3 Å². The Balaban J connectivity index is 2.08. The molecule has 5 nitrogen and oxygen atoms in total. The summed E-state index contributed by atoms with van der Waals surface area (Å²) in [5.74, 6) is -0.478. The Morgan fingerprint density at radius 3 is 2.85 bits per heavy atom. The highest BCUT2D eigenvalue weighted by Gasteiger charge is 2.12. The highest BCUT2D eigenvalue weighted by Crippen LogP contribution is 2.20. The SMILES string of the molecule is COC(OCc1cccnc1)c1cccc(C(N)=O)c1. The van der Waals surface area contributed by atoms with Crippen LogP contribution in [0.1, 0.15) is 27.8 Å². The molecule has 1 aromatic carbocycles. The first-order chi connectivity index (χ1) is 9.70. The number of methoxy groups -OCH3 is 1. The number of pyridine rings is 1. The van der Waals surface area contributed by atoms with Gasteiger partial charge in [0.1, 0.15) is 0 Å². The predicted molar refractivity (Wildman–Crippen MR) is 73.7 cm³/mol. The molecule has 0 spiro atoms. The van der Waals surface area contributed by atoms with Crippen molar-refractivity contribution in [3.05, 3.63) is 65.5 Å². The molecule has 0 saturated heterocycles. The summed E-state index contributed by atoms with van der Waals surface area (Å²) in [4.78, 5) is 15.2. The van der Waals surface area contributed by atoms with Crippen molar-refractivity contribution in [2.75, 3.05) is 7.11 Å². The van der Waals surface area contributed by atoms with Gasteiger partial charge in [0.15, 0.2) is 6.29 Å². The van der Waals surface area contributed by atoms with E-state index < -0.39 is 12.2 Å². The molecule has 0 radical (unpaired) electrons. The molecule has 1 atom stereocenters. The number of ether oxygens (including phenoxy) is 2. The number of hydrogen-bond acceptors (Lipinski definition) is 4. The molecule has 0 bridgehead atoms. The van der Waals surface area contributed by atoms with Crippen LogP contribution in [0.15, 0.2) is 48.8 Å². The predicted octanol–water partition coefficient (Wildman–Crippen LogP) is 2.04. The number of carbonyl (C=O) groups is 1. The number of amides is 1. The topological polar surface area (TPSA) is 74.4 Å². The Kier molecular flexibility index (Phi) is 4.81. The average Bonchev–Trinajstić information content (AvgIpc) is 2.49. The number of primary amides is 1. The minimum absolute atomic E-state index is 0.368. The van der Waals surface area contributed by atoms with Gasteiger partial charge in [0.25, 0.3) is 0 Å². The maximum atomic E-state index is 11.2. The Morgan fingerprint density at radius 2 is 2.20 bits per heavy atom. The lowest BCUT2D eigenvalue weighted by molar-refractivity contribution is -0.135. The van der Waals surface area contributed by atoms with Crippen LogP contribution in [-0.2, 0) is 16.1 Å². The Hall–Kier alpha value is -2.24. The molecule has 5 heteroatoms. The molecule has 2 rings (SSSR count). The summed E-state index contributed by atoms with van der Waals surface area (Å²) in [5, 5.41) is 0. The first-order valence-electron chi connectivity index (χ1n) is 6.14. The van der Waals surface area contributed by atoms with E-state index in [9.17, 15) is 4.79 Å². The minimum atomic E-state index is -0.561. The summed E-state index contributed by atoms with van der Waals surface area (Å²) in [6, 6.07) is 10.6. The molecule has 0 aliphatic carbocycles. The number of hydrogen-bond donors (Lipinski definition) is 1. The summed E-state index contributed by atoms with van der Waals surface area (Å²) >= 11 is 0. The molecule has 0 aliphatic rings. The number of nitrogens with zero attached hydrogens (tertiary/aromatic N) is 1. The summed E-state index contributed by atoms with van der Waals surface area (Å²) in [5.41, 5.74) is 7.37. The summed E-state index contributed by atoms with van der Waals surface area (Å²) in [6.45, 7) is 0.368. The van der Waals surface area contributed by atoms with Crippen LogP contribution in [0, 0.1) is 0 Å². The molecule has 1 heterocycles. The first kappa shape index (κ1) is 14.2. The smallest absolute Gasteiger partial charge is 0.248 e. The highest BCUT2D eigenvalue weighted by atomic mass is 16.7. The fourth-order valence-electron chi connectivity index (χ4n) is 1.79. The molecule has 1 amide bonds. The van der Waals surface area contributed by atoms with Gasteiger partial charge in [-0.1, -0.05) is 18.2 Å². The third kappa shape index (κ3) is 3.63. The molecule has 0 aliphatic heterocycles. The molecular weight excluding hydrogens is 256 g/mol. The number of nitrogens with two attached hydrogens (primary N) is 1. The monoisotopic (exact) mass is 272 g/mol. The van der Waals surface area contributed by atoms with Gasteiger partial charge in [-0.15, -0.1) is 0 Å². The number of rotatable bonds is 6. The standard InChI is InChI=1S/C15H16N2O3/c1-19-15(20-10-11-4-3-7-17-9-11)13-6-2-5-12(8-13)14(16)18/h2-9,15H,10H2,1H3,(H2,16,18). The van der Waals surface area contributed by atoms with Crippen molar-refractivity contribution in [1.82, 2.24) is 4.98 Å². The fourth-order valence-corrected chi connectivity index (χ4v) is 1.79. The number of carbonyl (C=O) groups excluding carboxylic acids is 1. The van der Waals surface area contributed by atoms with Crippen molar-refractivity contribution in [3.8, 4) is 0 Å². The minimum Gasteiger partial charge on any atom is -0.366 e.